The van der Waals surface area contributed by atoms with E-state index < -0.39 is 4.92 Å². The van der Waals surface area contributed by atoms with Crippen molar-refractivity contribution in [1.29, 1.82) is 0 Å². The normalized spacial score (nSPS) is 14.6. The summed E-state index contributed by atoms with van der Waals surface area (Å²) in [6.45, 7) is 4.59. The summed E-state index contributed by atoms with van der Waals surface area (Å²) in [5.74, 6) is -0.368. The van der Waals surface area contributed by atoms with Crippen LogP contribution in [0.4, 0.5) is 10.1 Å². The van der Waals surface area contributed by atoms with Crippen molar-refractivity contribution in [2.75, 3.05) is 13.1 Å². The maximum absolute atomic E-state index is 13.4. The Balaban J connectivity index is 1.39. The number of nitro groups is 1. The molecule has 0 aliphatic carbocycles. The van der Waals surface area contributed by atoms with Crippen LogP contribution in [0.2, 0.25) is 0 Å². The average Bonchev–Trinajstić information content (AvgIpc) is 2.83. The van der Waals surface area contributed by atoms with E-state index in [0.29, 0.717) is 11.1 Å². The lowest BCUT2D eigenvalue weighted by Gasteiger charge is -2.32. The van der Waals surface area contributed by atoms with Crippen LogP contribution in [-0.2, 0) is 13.1 Å². The summed E-state index contributed by atoms with van der Waals surface area (Å²) in [5.41, 5.74) is 4.08. The summed E-state index contributed by atoms with van der Waals surface area (Å²) in [6, 6.07) is 16.5. The van der Waals surface area contributed by atoms with Crippen LogP contribution in [-0.4, -0.2) is 33.8 Å². The predicted octanol–water partition coefficient (Wildman–Crippen LogP) is 4.75. The van der Waals surface area contributed by atoms with Crippen molar-refractivity contribution < 1.29 is 14.1 Å². The first kappa shape index (κ1) is 23.5. The van der Waals surface area contributed by atoms with Gasteiger partial charge in [-0.15, -0.1) is 0 Å². The average molecular weight is 463 g/mol. The van der Waals surface area contributed by atoms with Crippen LogP contribution in [0.5, 0.6) is 0 Å². The number of aromatic nitrogens is 1. The van der Waals surface area contributed by atoms with Crippen molar-refractivity contribution in [2.24, 2.45) is 0 Å². The molecule has 2 aromatic carbocycles. The Bertz CT molecular complexity index is 1170. The number of hydrogen-bond acceptors (Lipinski definition) is 5. The summed E-state index contributed by atoms with van der Waals surface area (Å²) in [7, 11) is 0. The SMILES string of the molecule is Cc1ccc(C(=O)NCc2cccc(F)c2)c(C2CCN(Cc3ccc([N+](=O)[O-])cc3)CC2)n1. The number of pyridine rings is 1. The first-order valence-corrected chi connectivity index (χ1v) is 11.3. The van der Waals surface area contributed by atoms with Crippen molar-refractivity contribution in [1.82, 2.24) is 15.2 Å². The van der Waals surface area contributed by atoms with Gasteiger partial charge >= 0.3 is 0 Å². The van der Waals surface area contributed by atoms with E-state index >= 15 is 0 Å². The highest BCUT2D eigenvalue weighted by Gasteiger charge is 2.26. The molecule has 1 aliphatic rings. The smallest absolute Gasteiger partial charge is 0.269 e. The molecule has 1 saturated heterocycles. The van der Waals surface area contributed by atoms with E-state index in [0.717, 1.165) is 49.4 Å². The molecule has 0 unspecified atom stereocenters. The lowest BCUT2D eigenvalue weighted by molar-refractivity contribution is -0.384. The van der Waals surface area contributed by atoms with E-state index in [1.807, 2.05) is 19.1 Å². The van der Waals surface area contributed by atoms with Gasteiger partial charge in [0.25, 0.3) is 11.6 Å². The number of halogens is 1. The number of nitrogens with one attached hydrogen (secondary N) is 1. The molecule has 0 bridgehead atoms. The largest absolute Gasteiger partial charge is 0.348 e. The number of carbonyl (C=O) groups is 1. The van der Waals surface area contributed by atoms with E-state index in [1.54, 1.807) is 24.3 Å². The van der Waals surface area contributed by atoms with Gasteiger partial charge in [-0.25, -0.2) is 4.39 Å². The quantitative estimate of drug-likeness (QED) is 0.404. The van der Waals surface area contributed by atoms with Gasteiger partial charge in [-0.05, 0) is 68.2 Å². The van der Waals surface area contributed by atoms with Crippen LogP contribution in [0.25, 0.3) is 0 Å². The third-order valence-corrected chi connectivity index (χ3v) is 6.18. The summed E-state index contributed by atoms with van der Waals surface area (Å²) < 4.78 is 13.4. The Labute approximate surface area is 197 Å². The highest BCUT2D eigenvalue weighted by Crippen LogP contribution is 2.30. The number of non-ortho nitro benzene ring substituents is 1. The fourth-order valence-corrected chi connectivity index (χ4v) is 4.35. The molecular weight excluding hydrogens is 435 g/mol. The van der Waals surface area contributed by atoms with Gasteiger partial charge in [-0.3, -0.25) is 24.8 Å². The number of benzene rings is 2. The number of piperidine rings is 1. The van der Waals surface area contributed by atoms with Gasteiger partial charge in [0.1, 0.15) is 5.82 Å². The van der Waals surface area contributed by atoms with Crippen LogP contribution in [0.1, 0.15) is 51.6 Å². The molecule has 176 valence electrons. The Morgan fingerprint density at radius 1 is 1.12 bits per heavy atom. The van der Waals surface area contributed by atoms with Crippen LogP contribution in [0, 0.1) is 22.9 Å². The van der Waals surface area contributed by atoms with Gasteiger partial charge in [0.2, 0.25) is 0 Å². The van der Waals surface area contributed by atoms with E-state index in [-0.39, 0.29) is 29.9 Å². The molecular formula is C26H27FN4O3. The Hall–Kier alpha value is -3.65. The minimum absolute atomic E-state index is 0.0937. The third kappa shape index (κ3) is 5.82. The first-order chi connectivity index (χ1) is 16.4. The second-order valence-corrected chi connectivity index (χ2v) is 8.67. The number of hydrogen-bond donors (Lipinski definition) is 1. The molecule has 0 atom stereocenters. The molecule has 1 amide bonds. The molecule has 0 saturated carbocycles. The minimum Gasteiger partial charge on any atom is -0.348 e. The van der Waals surface area contributed by atoms with Gasteiger partial charge in [0.05, 0.1) is 16.2 Å². The number of likely N-dealkylation sites (tertiary alicyclic amines) is 1. The second kappa shape index (κ2) is 10.5. The molecule has 34 heavy (non-hydrogen) atoms. The predicted molar refractivity (Wildman–Crippen MR) is 127 cm³/mol. The molecule has 0 radical (unpaired) electrons. The van der Waals surface area contributed by atoms with Crippen LogP contribution in [0.15, 0.2) is 60.7 Å². The van der Waals surface area contributed by atoms with Gasteiger partial charge < -0.3 is 5.32 Å². The van der Waals surface area contributed by atoms with Crippen molar-refractivity contribution in [2.45, 2.75) is 38.8 Å². The lowest BCUT2D eigenvalue weighted by atomic mass is 9.89. The molecule has 7 nitrogen and oxygen atoms in total. The highest BCUT2D eigenvalue weighted by atomic mass is 19.1. The molecule has 2 heterocycles. The summed E-state index contributed by atoms with van der Waals surface area (Å²) in [4.78, 5) is 30.4. The Kier molecular flexibility index (Phi) is 7.27. The number of aryl methyl sites for hydroxylation is 1. The van der Waals surface area contributed by atoms with Gasteiger partial charge in [0.15, 0.2) is 0 Å². The molecule has 0 spiro atoms. The van der Waals surface area contributed by atoms with Crippen molar-refractivity contribution in [3.63, 3.8) is 0 Å². The molecule has 1 N–H and O–H groups in total. The van der Waals surface area contributed by atoms with Gasteiger partial charge in [-0.1, -0.05) is 24.3 Å². The second-order valence-electron chi connectivity index (χ2n) is 8.67. The van der Waals surface area contributed by atoms with Crippen LogP contribution >= 0.6 is 0 Å². The van der Waals surface area contributed by atoms with E-state index in [4.69, 9.17) is 4.98 Å². The molecule has 8 heteroatoms. The summed E-state index contributed by atoms with van der Waals surface area (Å²) in [5, 5.41) is 13.7. The number of amides is 1. The van der Waals surface area contributed by atoms with E-state index in [1.165, 1.54) is 24.3 Å². The van der Waals surface area contributed by atoms with Crippen molar-refractivity contribution in [3.05, 3.63) is 105 Å². The van der Waals surface area contributed by atoms with Crippen molar-refractivity contribution in [3.8, 4) is 0 Å². The maximum atomic E-state index is 13.4. The Morgan fingerprint density at radius 3 is 2.53 bits per heavy atom. The molecule has 1 aliphatic heterocycles. The lowest BCUT2D eigenvalue weighted by Crippen LogP contribution is -2.34. The van der Waals surface area contributed by atoms with Crippen molar-refractivity contribution >= 4 is 11.6 Å². The fourth-order valence-electron chi connectivity index (χ4n) is 4.35. The molecule has 4 rings (SSSR count). The van der Waals surface area contributed by atoms with E-state index in [9.17, 15) is 19.3 Å². The fraction of sp³-hybridized carbons (Fsp3) is 0.308. The van der Waals surface area contributed by atoms with Crippen LogP contribution in [0.3, 0.4) is 0 Å². The Morgan fingerprint density at radius 2 is 1.85 bits per heavy atom. The highest BCUT2D eigenvalue weighted by molar-refractivity contribution is 5.95. The monoisotopic (exact) mass is 462 g/mol. The number of nitrogens with zero attached hydrogens (tertiary/aromatic N) is 3. The molecule has 1 fully saturated rings. The summed E-state index contributed by atoms with van der Waals surface area (Å²) in [6.07, 6.45) is 1.74. The summed E-state index contributed by atoms with van der Waals surface area (Å²) >= 11 is 0. The zero-order valence-corrected chi connectivity index (χ0v) is 19.0. The first-order valence-electron chi connectivity index (χ1n) is 11.3. The zero-order valence-electron chi connectivity index (χ0n) is 19.0. The van der Waals surface area contributed by atoms with Crippen LogP contribution < -0.4 is 5.32 Å². The number of nitro benzene ring substituents is 1. The zero-order chi connectivity index (χ0) is 24.1. The van der Waals surface area contributed by atoms with E-state index in [2.05, 4.69) is 10.2 Å². The molecule has 1 aromatic heterocycles. The number of rotatable bonds is 7. The van der Waals surface area contributed by atoms with Gasteiger partial charge in [-0.2, -0.15) is 0 Å². The molecule has 3 aromatic rings. The topological polar surface area (TPSA) is 88.4 Å². The minimum atomic E-state index is -0.393. The maximum Gasteiger partial charge on any atom is 0.269 e. The van der Waals surface area contributed by atoms with Gasteiger partial charge in [0, 0.05) is 36.8 Å². The standard InChI is InChI=1S/C26H27FN4O3/c1-18-5-10-24(26(32)28-16-20-3-2-4-22(27)15-20)25(29-18)21-11-13-30(14-12-21)17-19-6-8-23(9-7-19)31(33)34/h2-10,15,21H,11-14,16-17H2,1H3,(H,28,32). The third-order valence-electron chi connectivity index (χ3n) is 6.18. The number of carbonyl (C=O) groups excluding carboxylic acids is 1.